The first-order valence-electron chi connectivity index (χ1n) is 7.98. The molecule has 0 spiro atoms. The third kappa shape index (κ3) is 3.54. The van der Waals surface area contributed by atoms with E-state index in [1.807, 2.05) is 0 Å². The minimum atomic E-state index is 0.572. The molecule has 1 aromatic rings. The van der Waals surface area contributed by atoms with Crippen LogP contribution in [0.1, 0.15) is 43.7 Å². The molecule has 1 aliphatic carbocycles. The third-order valence-electron chi connectivity index (χ3n) is 4.97. The molecule has 1 N–H and O–H groups in total. The van der Waals surface area contributed by atoms with Crippen molar-refractivity contribution in [2.45, 2.75) is 52.0 Å². The van der Waals surface area contributed by atoms with Crippen molar-refractivity contribution in [3.63, 3.8) is 0 Å². The summed E-state index contributed by atoms with van der Waals surface area (Å²) in [6.45, 7) is 4.48. The van der Waals surface area contributed by atoms with E-state index >= 15 is 0 Å². The maximum Gasteiger partial charge on any atom is 0.122 e. The molecule has 2 rings (SSSR count). The van der Waals surface area contributed by atoms with Gasteiger partial charge in [-0.3, -0.25) is 0 Å². The fourth-order valence-corrected chi connectivity index (χ4v) is 3.66. The molecule has 112 valence electrons. The highest BCUT2D eigenvalue weighted by atomic mass is 16.5. The van der Waals surface area contributed by atoms with Gasteiger partial charge in [0.05, 0.1) is 7.11 Å². The van der Waals surface area contributed by atoms with Crippen molar-refractivity contribution in [1.29, 1.82) is 0 Å². The number of ether oxygens (including phenoxy) is 1. The summed E-state index contributed by atoms with van der Waals surface area (Å²) in [5, 5.41) is 3.55. The molecule has 0 amide bonds. The Morgan fingerprint density at radius 3 is 2.75 bits per heavy atom. The van der Waals surface area contributed by atoms with Crippen LogP contribution in [-0.2, 0) is 6.42 Å². The first-order valence-corrected chi connectivity index (χ1v) is 7.98. The van der Waals surface area contributed by atoms with E-state index in [2.05, 4.69) is 44.4 Å². The van der Waals surface area contributed by atoms with Gasteiger partial charge >= 0.3 is 0 Å². The SMILES string of the molecule is CCC1CCC(C(Cc2cc(C)ccc2OC)NC)C1. The number of rotatable bonds is 6. The first-order chi connectivity index (χ1) is 9.67. The summed E-state index contributed by atoms with van der Waals surface area (Å²) >= 11 is 0. The summed E-state index contributed by atoms with van der Waals surface area (Å²) in [6.07, 6.45) is 6.57. The van der Waals surface area contributed by atoms with Crippen molar-refractivity contribution in [2.24, 2.45) is 11.8 Å². The fourth-order valence-electron chi connectivity index (χ4n) is 3.66. The van der Waals surface area contributed by atoms with E-state index in [1.165, 1.54) is 36.8 Å². The summed E-state index contributed by atoms with van der Waals surface area (Å²) in [5.41, 5.74) is 2.65. The van der Waals surface area contributed by atoms with Gasteiger partial charge in [0, 0.05) is 6.04 Å². The summed E-state index contributed by atoms with van der Waals surface area (Å²) in [5.74, 6) is 2.78. The van der Waals surface area contributed by atoms with Gasteiger partial charge in [0.1, 0.15) is 5.75 Å². The van der Waals surface area contributed by atoms with Crippen LogP contribution in [-0.4, -0.2) is 20.2 Å². The first kappa shape index (κ1) is 15.4. The average Bonchev–Trinajstić information content (AvgIpc) is 2.93. The van der Waals surface area contributed by atoms with E-state index < -0.39 is 0 Å². The minimum Gasteiger partial charge on any atom is -0.496 e. The highest BCUT2D eigenvalue weighted by molar-refractivity contribution is 5.37. The zero-order valence-electron chi connectivity index (χ0n) is 13.4. The smallest absolute Gasteiger partial charge is 0.122 e. The van der Waals surface area contributed by atoms with Gasteiger partial charge in [-0.1, -0.05) is 37.5 Å². The highest BCUT2D eigenvalue weighted by Crippen LogP contribution is 2.36. The molecule has 0 bridgehead atoms. The summed E-state index contributed by atoms with van der Waals surface area (Å²) in [7, 11) is 3.87. The molecule has 1 aromatic carbocycles. The van der Waals surface area contributed by atoms with Gasteiger partial charge in [-0.05, 0) is 56.7 Å². The number of nitrogens with one attached hydrogen (secondary N) is 1. The summed E-state index contributed by atoms with van der Waals surface area (Å²) < 4.78 is 5.52. The Bertz CT molecular complexity index is 429. The molecular formula is C18H29NO. The number of hydrogen-bond donors (Lipinski definition) is 1. The lowest BCUT2D eigenvalue weighted by Gasteiger charge is -2.24. The second-order valence-electron chi connectivity index (χ2n) is 6.26. The van der Waals surface area contributed by atoms with Gasteiger partial charge in [0.15, 0.2) is 0 Å². The van der Waals surface area contributed by atoms with Crippen molar-refractivity contribution >= 4 is 0 Å². The van der Waals surface area contributed by atoms with Crippen LogP contribution >= 0.6 is 0 Å². The Kier molecular flexibility index (Phi) is 5.47. The lowest BCUT2D eigenvalue weighted by Crippen LogP contribution is -2.34. The molecule has 0 heterocycles. The molecule has 3 unspecified atom stereocenters. The molecule has 2 heteroatoms. The van der Waals surface area contributed by atoms with Crippen molar-refractivity contribution in [3.8, 4) is 5.75 Å². The van der Waals surface area contributed by atoms with E-state index in [0.29, 0.717) is 6.04 Å². The van der Waals surface area contributed by atoms with Crippen LogP contribution in [0.15, 0.2) is 18.2 Å². The Hall–Kier alpha value is -1.02. The molecule has 20 heavy (non-hydrogen) atoms. The quantitative estimate of drug-likeness (QED) is 0.848. The molecule has 0 saturated heterocycles. The van der Waals surface area contributed by atoms with Crippen molar-refractivity contribution in [3.05, 3.63) is 29.3 Å². The van der Waals surface area contributed by atoms with E-state index in [0.717, 1.165) is 24.0 Å². The van der Waals surface area contributed by atoms with Crippen molar-refractivity contribution < 1.29 is 4.74 Å². The maximum atomic E-state index is 5.52. The summed E-state index contributed by atoms with van der Waals surface area (Å²) in [6, 6.07) is 7.07. The maximum absolute atomic E-state index is 5.52. The summed E-state index contributed by atoms with van der Waals surface area (Å²) in [4.78, 5) is 0. The molecular weight excluding hydrogens is 246 g/mol. The third-order valence-corrected chi connectivity index (χ3v) is 4.97. The van der Waals surface area contributed by atoms with Gasteiger partial charge in [-0.15, -0.1) is 0 Å². The number of likely N-dealkylation sites (N-methyl/N-ethyl adjacent to an activating group) is 1. The highest BCUT2D eigenvalue weighted by Gasteiger charge is 2.29. The second kappa shape index (κ2) is 7.12. The molecule has 1 aliphatic rings. The van der Waals surface area contributed by atoms with Gasteiger partial charge in [-0.25, -0.2) is 0 Å². The van der Waals surface area contributed by atoms with E-state index in [9.17, 15) is 0 Å². The molecule has 2 nitrogen and oxygen atoms in total. The Labute approximate surface area is 123 Å². The minimum absolute atomic E-state index is 0.572. The van der Waals surface area contributed by atoms with Gasteiger partial charge in [-0.2, -0.15) is 0 Å². The van der Waals surface area contributed by atoms with Crippen LogP contribution in [0.25, 0.3) is 0 Å². The molecule has 0 aliphatic heterocycles. The van der Waals surface area contributed by atoms with Crippen LogP contribution in [0.3, 0.4) is 0 Å². The number of benzene rings is 1. The zero-order valence-corrected chi connectivity index (χ0v) is 13.4. The average molecular weight is 275 g/mol. The van der Waals surface area contributed by atoms with Crippen molar-refractivity contribution in [1.82, 2.24) is 5.32 Å². The predicted molar refractivity (Wildman–Crippen MR) is 85.4 cm³/mol. The number of hydrogen-bond acceptors (Lipinski definition) is 2. The molecule has 0 radical (unpaired) electrons. The zero-order chi connectivity index (χ0) is 14.5. The molecule has 1 fully saturated rings. The van der Waals surface area contributed by atoms with Crippen LogP contribution in [0.5, 0.6) is 5.75 Å². The number of aryl methyl sites for hydroxylation is 1. The van der Waals surface area contributed by atoms with Gasteiger partial charge in [0.25, 0.3) is 0 Å². The Balaban J connectivity index is 2.08. The Morgan fingerprint density at radius 2 is 2.15 bits per heavy atom. The van der Waals surface area contributed by atoms with Crippen LogP contribution < -0.4 is 10.1 Å². The van der Waals surface area contributed by atoms with Crippen LogP contribution in [0.4, 0.5) is 0 Å². The monoisotopic (exact) mass is 275 g/mol. The van der Waals surface area contributed by atoms with Crippen LogP contribution in [0, 0.1) is 18.8 Å². The fraction of sp³-hybridized carbons (Fsp3) is 0.667. The number of methoxy groups -OCH3 is 1. The van der Waals surface area contributed by atoms with Crippen LogP contribution in [0.2, 0.25) is 0 Å². The standard InChI is InChI=1S/C18H29NO/c1-5-14-7-8-15(11-14)17(19-3)12-16-10-13(2)6-9-18(16)20-4/h6,9-10,14-15,17,19H,5,7-8,11-12H2,1-4H3. The van der Waals surface area contributed by atoms with Crippen molar-refractivity contribution in [2.75, 3.05) is 14.2 Å². The lowest BCUT2D eigenvalue weighted by molar-refractivity contribution is 0.353. The van der Waals surface area contributed by atoms with E-state index in [-0.39, 0.29) is 0 Å². The van der Waals surface area contributed by atoms with E-state index in [4.69, 9.17) is 4.74 Å². The van der Waals surface area contributed by atoms with Gasteiger partial charge < -0.3 is 10.1 Å². The predicted octanol–water partition coefficient (Wildman–Crippen LogP) is 3.96. The molecule has 0 aromatic heterocycles. The largest absolute Gasteiger partial charge is 0.496 e. The Morgan fingerprint density at radius 1 is 1.35 bits per heavy atom. The molecule has 3 atom stereocenters. The molecule has 1 saturated carbocycles. The normalized spacial score (nSPS) is 23.8. The second-order valence-corrected chi connectivity index (χ2v) is 6.26. The lowest BCUT2D eigenvalue weighted by atomic mass is 9.90. The van der Waals surface area contributed by atoms with Gasteiger partial charge in [0.2, 0.25) is 0 Å². The van der Waals surface area contributed by atoms with E-state index in [1.54, 1.807) is 7.11 Å². The topological polar surface area (TPSA) is 21.3 Å².